The Morgan fingerprint density at radius 2 is 1.29 bits per heavy atom. The molecule has 0 aromatic rings. The highest BCUT2D eigenvalue weighted by Gasteiger charge is 2.01. The topological polar surface area (TPSA) is 52.6 Å². The molecule has 0 radical (unpaired) electrons. The number of ether oxygens (including phenoxy) is 2. The van der Waals surface area contributed by atoms with Crippen molar-refractivity contribution < 1.29 is 19.1 Å². The molecule has 0 saturated heterocycles. The van der Waals surface area contributed by atoms with Gasteiger partial charge in [-0.3, -0.25) is 0 Å². The van der Waals surface area contributed by atoms with Gasteiger partial charge in [0.1, 0.15) is 0 Å². The fourth-order valence-corrected chi connectivity index (χ4v) is 1.85. The van der Waals surface area contributed by atoms with E-state index in [1.807, 2.05) is 0 Å². The van der Waals surface area contributed by atoms with Crippen LogP contribution in [0.5, 0.6) is 0 Å². The molecular weight excluding hydrogens is 292 g/mol. The average molecular weight is 319 g/mol. The minimum atomic E-state index is -0.504. The maximum absolute atomic E-state index is 11.3. The molecule has 0 fully saturated rings. The van der Waals surface area contributed by atoms with Crippen molar-refractivity contribution in [2.45, 2.75) is 58.3 Å². The summed E-state index contributed by atoms with van der Waals surface area (Å²) < 4.78 is 9.93. The van der Waals surface area contributed by atoms with E-state index in [0.29, 0.717) is 19.1 Å². The van der Waals surface area contributed by atoms with E-state index in [9.17, 15) is 9.59 Å². The van der Waals surface area contributed by atoms with Crippen molar-refractivity contribution in [3.63, 3.8) is 0 Å². The molecule has 0 aliphatic heterocycles. The van der Waals surface area contributed by atoms with Gasteiger partial charge in [0.25, 0.3) is 0 Å². The summed E-state index contributed by atoms with van der Waals surface area (Å²) in [5.41, 5.74) is 0. The Morgan fingerprint density at radius 3 is 1.76 bits per heavy atom. The highest BCUT2D eigenvalue weighted by atomic mass is 35.5. The zero-order valence-corrected chi connectivity index (χ0v) is 13.7. The van der Waals surface area contributed by atoms with Gasteiger partial charge in [0.05, 0.1) is 13.2 Å². The summed E-state index contributed by atoms with van der Waals surface area (Å²) in [5, 5.41) is 0. The number of halogens is 1. The highest BCUT2D eigenvalue weighted by molar-refractivity contribution is 6.17. The molecule has 0 heterocycles. The third kappa shape index (κ3) is 15.2. The van der Waals surface area contributed by atoms with Gasteiger partial charge in [0.2, 0.25) is 0 Å². The average Bonchev–Trinajstić information content (AvgIpc) is 2.48. The largest absolute Gasteiger partial charge is 0.463 e. The van der Waals surface area contributed by atoms with Gasteiger partial charge in [-0.05, 0) is 19.3 Å². The number of hydrogen-bond acceptors (Lipinski definition) is 4. The second-order valence-electron chi connectivity index (χ2n) is 4.83. The van der Waals surface area contributed by atoms with Crippen LogP contribution in [0.4, 0.5) is 0 Å². The zero-order valence-electron chi connectivity index (χ0n) is 12.9. The first kappa shape index (κ1) is 20.0. The Morgan fingerprint density at radius 1 is 0.810 bits per heavy atom. The number of rotatable bonds is 13. The molecule has 0 atom stereocenters. The van der Waals surface area contributed by atoms with Crippen molar-refractivity contribution in [1.29, 1.82) is 0 Å². The van der Waals surface area contributed by atoms with Crippen LogP contribution in [0, 0.1) is 0 Å². The second kappa shape index (κ2) is 15.4. The minimum absolute atomic E-state index is 0.373. The Kier molecular flexibility index (Phi) is 14.6. The van der Waals surface area contributed by atoms with Gasteiger partial charge in [0.15, 0.2) is 0 Å². The van der Waals surface area contributed by atoms with Crippen molar-refractivity contribution in [3.8, 4) is 0 Å². The summed E-state index contributed by atoms with van der Waals surface area (Å²) in [7, 11) is 0. The molecule has 0 N–H and O–H groups in total. The van der Waals surface area contributed by atoms with Crippen LogP contribution in [0.1, 0.15) is 58.3 Å². The molecule has 0 aromatic carbocycles. The molecule has 0 amide bonds. The molecule has 122 valence electrons. The molecule has 0 bridgehead atoms. The van der Waals surface area contributed by atoms with Crippen molar-refractivity contribution in [1.82, 2.24) is 0 Å². The number of unbranched alkanes of at least 4 members (excludes halogenated alkanes) is 6. The quantitative estimate of drug-likeness (QED) is 0.223. The van der Waals surface area contributed by atoms with Crippen LogP contribution in [-0.2, 0) is 19.1 Å². The van der Waals surface area contributed by atoms with Crippen molar-refractivity contribution >= 4 is 23.5 Å². The molecule has 0 rings (SSSR count). The molecular formula is C16H27ClO4. The van der Waals surface area contributed by atoms with E-state index in [4.69, 9.17) is 21.1 Å². The first-order valence-electron chi connectivity index (χ1n) is 7.78. The van der Waals surface area contributed by atoms with Crippen molar-refractivity contribution in [3.05, 3.63) is 12.2 Å². The van der Waals surface area contributed by atoms with Crippen LogP contribution >= 0.6 is 11.6 Å². The van der Waals surface area contributed by atoms with Crippen LogP contribution in [0.2, 0.25) is 0 Å². The number of alkyl halides is 1. The number of carbonyl (C=O) groups excluding carboxylic acids is 2. The van der Waals surface area contributed by atoms with Crippen LogP contribution in [-0.4, -0.2) is 31.0 Å². The number of hydrogen-bond donors (Lipinski definition) is 0. The van der Waals surface area contributed by atoms with Gasteiger partial charge < -0.3 is 9.47 Å². The molecule has 5 heteroatoms. The van der Waals surface area contributed by atoms with Crippen LogP contribution < -0.4 is 0 Å². The molecule has 21 heavy (non-hydrogen) atoms. The van der Waals surface area contributed by atoms with Crippen LogP contribution in [0.15, 0.2) is 12.2 Å². The standard InChI is InChI=1S/C16H27ClO4/c1-2-3-4-8-13-20-15(18)10-11-16(19)21-14-9-6-5-7-12-17/h10-11H,2-9,12-14H2,1H3/b11-10+. The van der Waals surface area contributed by atoms with E-state index < -0.39 is 11.9 Å². The van der Waals surface area contributed by atoms with E-state index in [1.165, 1.54) is 0 Å². The maximum atomic E-state index is 11.3. The number of carbonyl (C=O) groups is 2. The lowest BCUT2D eigenvalue weighted by atomic mass is 10.2. The lowest BCUT2D eigenvalue weighted by Gasteiger charge is -2.02. The summed E-state index contributed by atoms with van der Waals surface area (Å²) in [4.78, 5) is 22.6. The molecule has 0 unspecified atom stereocenters. The maximum Gasteiger partial charge on any atom is 0.331 e. The Hall–Kier alpha value is -1.03. The molecule has 0 aliphatic carbocycles. The monoisotopic (exact) mass is 318 g/mol. The lowest BCUT2D eigenvalue weighted by Crippen LogP contribution is -2.06. The minimum Gasteiger partial charge on any atom is -0.463 e. The first-order chi connectivity index (χ1) is 10.2. The summed E-state index contributed by atoms with van der Waals surface area (Å²) in [6, 6.07) is 0. The predicted molar refractivity (Wildman–Crippen MR) is 84.4 cm³/mol. The van der Waals surface area contributed by atoms with Gasteiger partial charge >= 0.3 is 11.9 Å². The SMILES string of the molecule is CCCCCCOC(=O)/C=C/C(=O)OCCCCCCCl. The van der Waals surface area contributed by atoms with Gasteiger partial charge in [-0.2, -0.15) is 0 Å². The van der Waals surface area contributed by atoms with E-state index in [0.717, 1.165) is 63.5 Å². The normalized spacial score (nSPS) is 10.8. The Balaban J connectivity index is 3.52. The third-order valence-electron chi connectivity index (χ3n) is 2.87. The van der Waals surface area contributed by atoms with Crippen LogP contribution in [0.25, 0.3) is 0 Å². The van der Waals surface area contributed by atoms with Crippen molar-refractivity contribution in [2.24, 2.45) is 0 Å². The number of esters is 2. The second-order valence-corrected chi connectivity index (χ2v) is 5.21. The zero-order chi connectivity index (χ0) is 15.8. The fraction of sp³-hybridized carbons (Fsp3) is 0.750. The summed E-state index contributed by atoms with van der Waals surface area (Å²) in [6.45, 7) is 2.90. The Bertz CT molecular complexity index is 303. The summed E-state index contributed by atoms with van der Waals surface area (Å²) in [5.74, 6) is -0.330. The van der Waals surface area contributed by atoms with Gasteiger partial charge in [-0.1, -0.05) is 39.0 Å². The van der Waals surface area contributed by atoms with E-state index >= 15 is 0 Å². The first-order valence-corrected chi connectivity index (χ1v) is 8.31. The van der Waals surface area contributed by atoms with Crippen LogP contribution in [0.3, 0.4) is 0 Å². The Labute approximate surface area is 132 Å². The van der Waals surface area contributed by atoms with Gasteiger partial charge in [-0.15, -0.1) is 11.6 Å². The highest BCUT2D eigenvalue weighted by Crippen LogP contribution is 2.02. The predicted octanol–water partition coefficient (Wildman–Crippen LogP) is 4.01. The van der Waals surface area contributed by atoms with E-state index in [-0.39, 0.29) is 0 Å². The molecule has 4 nitrogen and oxygen atoms in total. The summed E-state index contributed by atoms with van der Waals surface area (Å²) in [6.07, 6.45) is 10.3. The molecule has 0 aromatic heterocycles. The van der Waals surface area contributed by atoms with E-state index in [2.05, 4.69) is 6.92 Å². The lowest BCUT2D eigenvalue weighted by molar-refractivity contribution is -0.140. The molecule has 0 aliphatic rings. The molecule has 0 spiro atoms. The fourth-order valence-electron chi connectivity index (χ4n) is 1.66. The van der Waals surface area contributed by atoms with Gasteiger partial charge in [-0.25, -0.2) is 9.59 Å². The third-order valence-corrected chi connectivity index (χ3v) is 3.14. The summed E-state index contributed by atoms with van der Waals surface area (Å²) >= 11 is 5.56. The molecule has 0 saturated carbocycles. The van der Waals surface area contributed by atoms with E-state index in [1.54, 1.807) is 0 Å². The smallest absolute Gasteiger partial charge is 0.331 e. The van der Waals surface area contributed by atoms with Gasteiger partial charge in [0, 0.05) is 18.0 Å². The van der Waals surface area contributed by atoms with Crippen molar-refractivity contribution in [2.75, 3.05) is 19.1 Å².